The van der Waals surface area contributed by atoms with Crippen LogP contribution >= 0.6 is 0 Å². The molecule has 0 amide bonds. The van der Waals surface area contributed by atoms with Crippen LogP contribution in [0.15, 0.2) is 41.5 Å². The van der Waals surface area contributed by atoms with E-state index in [1.165, 1.54) is 5.71 Å². The minimum atomic E-state index is 0.325. The molecule has 4 nitrogen and oxygen atoms in total. The van der Waals surface area contributed by atoms with Gasteiger partial charge in [-0.25, -0.2) is 0 Å². The fourth-order valence-electron chi connectivity index (χ4n) is 1.98. The van der Waals surface area contributed by atoms with E-state index in [2.05, 4.69) is 18.3 Å². The molecule has 1 aromatic carbocycles. The SMILES string of the molecule is C/C=C/CN(Cc1ccccc1O)/N=C(\CC)CCNC. The van der Waals surface area contributed by atoms with Crippen LogP contribution in [0.1, 0.15) is 32.3 Å². The Kier molecular flexibility index (Phi) is 8.21. The fourth-order valence-corrected chi connectivity index (χ4v) is 1.98. The second-order valence-corrected chi connectivity index (χ2v) is 4.92. The minimum Gasteiger partial charge on any atom is -0.508 e. The molecule has 0 saturated heterocycles. The van der Waals surface area contributed by atoms with E-state index in [9.17, 15) is 5.11 Å². The predicted octanol–water partition coefficient (Wildman–Crippen LogP) is 3.15. The van der Waals surface area contributed by atoms with Gasteiger partial charge in [-0.2, -0.15) is 5.10 Å². The van der Waals surface area contributed by atoms with Gasteiger partial charge >= 0.3 is 0 Å². The van der Waals surface area contributed by atoms with Crippen molar-refractivity contribution in [3.8, 4) is 5.75 Å². The van der Waals surface area contributed by atoms with Gasteiger partial charge in [-0.1, -0.05) is 37.3 Å². The minimum absolute atomic E-state index is 0.325. The highest BCUT2D eigenvalue weighted by atomic mass is 16.3. The van der Waals surface area contributed by atoms with Crippen LogP contribution in [-0.4, -0.2) is 36.0 Å². The molecule has 0 aromatic heterocycles. The predicted molar refractivity (Wildman–Crippen MR) is 89.6 cm³/mol. The third-order valence-electron chi connectivity index (χ3n) is 3.25. The molecule has 0 fully saturated rings. The molecule has 2 N–H and O–H groups in total. The lowest BCUT2D eigenvalue weighted by Gasteiger charge is -2.20. The van der Waals surface area contributed by atoms with Crippen LogP contribution in [0.25, 0.3) is 0 Å². The molecule has 0 aliphatic carbocycles. The zero-order valence-corrected chi connectivity index (χ0v) is 13.3. The molecule has 116 valence electrons. The molecule has 0 aliphatic heterocycles. The molecule has 0 bridgehead atoms. The number of hydrazone groups is 1. The van der Waals surface area contributed by atoms with Crippen molar-refractivity contribution in [1.29, 1.82) is 0 Å². The van der Waals surface area contributed by atoms with Crippen LogP contribution in [0, 0.1) is 0 Å². The number of hydrogen-bond donors (Lipinski definition) is 2. The maximum absolute atomic E-state index is 9.91. The summed E-state index contributed by atoms with van der Waals surface area (Å²) in [6, 6.07) is 7.43. The summed E-state index contributed by atoms with van der Waals surface area (Å²) < 4.78 is 0. The molecule has 4 heteroatoms. The van der Waals surface area contributed by atoms with Crippen molar-refractivity contribution in [1.82, 2.24) is 10.3 Å². The zero-order valence-electron chi connectivity index (χ0n) is 13.3. The number of hydrogen-bond acceptors (Lipinski definition) is 4. The van der Waals surface area contributed by atoms with E-state index in [0.29, 0.717) is 12.3 Å². The zero-order chi connectivity index (χ0) is 15.5. The van der Waals surface area contributed by atoms with Crippen molar-refractivity contribution < 1.29 is 5.11 Å². The normalized spacial score (nSPS) is 12.0. The summed E-state index contributed by atoms with van der Waals surface area (Å²) in [6.07, 6.45) is 5.98. The molecule has 0 radical (unpaired) electrons. The number of aromatic hydroxyl groups is 1. The quantitative estimate of drug-likeness (QED) is 0.417. The second-order valence-electron chi connectivity index (χ2n) is 4.92. The fraction of sp³-hybridized carbons (Fsp3) is 0.471. The van der Waals surface area contributed by atoms with Crippen molar-refractivity contribution >= 4 is 5.71 Å². The summed E-state index contributed by atoms with van der Waals surface area (Å²) in [7, 11) is 1.95. The van der Waals surface area contributed by atoms with Gasteiger partial charge in [-0.15, -0.1) is 0 Å². The van der Waals surface area contributed by atoms with Crippen molar-refractivity contribution in [2.24, 2.45) is 5.10 Å². The summed E-state index contributed by atoms with van der Waals surface area (Å²) in [6.45, 7) is 6.42. The van der Waals surface area contributed by atoms with Gasteiger partial charge in [0.25, 0.3) is 0 Å². The Morgan fingerprint density at radius 2 is 2.14 bits per heavy atom. The van der Waals surface area contributed by atoms with Gasteiger partial charge in [0.1, 0.15) is 5.75 Å². The molecule has 0 spiro atoms. The van der Waals surface area contributed by atoms with Gasteiger partial charge in [0, 0.05) is 17.8 Å². The maximum Gasteiger partial charge on any atom is 0.120 e. The third kappa shape index (κ3) is 6.45. The topological polar surface area (TPSA) is 47.9 Å². The van der Waals surface area contributed by atoms with Gasteiger partial charge in [-0.05, 0) is 32.9 Å². The average Bonchev–Trinajstić information content (AvgIpc) is 2.50. The Morgan fingerprint density at radius 3 is 2.76 bits per heavy atom. The maximum atomic E-state index is 9.91. The Bertz CT molecular complexity index is 469. The standard InChI is InChI=1S/C17H27N3O/c1-4-6-13-20(19-16(5-2)11-12-18-3)14-15-9-7-8-10-17(15)21/h4,6-10,18,21H,5,11-14H2,1-3H3/b6-4+,19-16+. The van der Waals surface area contributed by atoms with E-state index >= 15 is 0 Å². The lowest BCUT2D eigenvalue weighted by atomic mass is 10.2. The van der Waals surface area contributed by atoms with E-state index < -0.39 is 0 Å². The number of para-hydroxylation sites is 1. The lowest BCUT2D eigenvalue weighted by Crippen LogP contribution is -2.21. The highest BCUT2D eigenvalue weighted by Crippen LogP contribution is 2.18. The average molecular weight is 289 g/mol. The number of phenols is 1. The van der Waals surface area contributed by atoms with Gasteiger partial charge in [0.05, 0.1) is 13.1 Å². The monoisotopic (exact) mass is 289 g/mol. The third-order valence-corrected chi connectivity index (χ3v) is 3.25. The number of nitrogens with zero attached hydrogens (tertiary/aromatic N) is 2. The van der Waals surface area contributed by atoms with E-state index in [0.717, 1.165) is 31.5 Å². The molecule has 0 atom stereocenters. The summed E-state index contributed by atoms with van der Waals surface area (Å²) in [5.41, 5.74) is 2.07. The van der Waals surface area contributed by atoms with E-state index in [-0.39, 0.29) is 0 Å². The molecule has 21 heavy (non-hydrogen) atoms. The Labute approximate surface area is 128 Å². The van der Waals surface area contributed by atoms with Crippen molar-refractivity contribution in [3.05, 3.63) is 42.0 Å². The summed E-state index contributed by atoms with van der Waals surface area (Å²) in [5, 5.41) is 19.8. The van der Waals surface area contributed by atoms with Gasteiger partial charge in [0.15, 0.2) is 0 Å². The van der Waals surface area contributed by atoms with Crippen molar-refractivity contribution in [2.75, 3.05) is 20.1 Å². The van der Waals surface area contributed by atoms with E-state index in [1.807, 2.05) is 43.3 Å². The number of phenolic OH excluding ortho intramolecular Hbond substituents is 1. The first-order valence-electron chi connectivity index (χ1n) is 7.55. The molecular weight excluding hydrogens is 262 g/mol. The van der Waals surface area contributed by atoms with Crippen molar-refractivity contribution in [3.63, 3.8) is 0 Å². The van der Waals surface area contributed by atoms with E-state index in [4.69, 9.17) is 5.10 Å². The second kappa shape index (κ2) is 10.00. The van der Waals surface area contributed by atoms with Crippen LogP contribution < -0.4 is 5.32 Å². The smallest absolute Gasteiger partial charge is 0.120 e. The number of nitrogens with one attached hydrogen (secondary N) is 1. The van der Waals surface area contributed by atoms with Crippen LogP contribution in [0.5, 0.6) is 5.75 Å². The number of rotatable bonds is 9. The molecule has 1 rings (SSSR count). The first kappa shape index (κ1) is 17.2. The van der Waals surface area contributed by atoms with Gasteiger partial charge in [-0.3, -0.25) is 5.01 Å². The highest BCUT2D eigenvalue weighted by molar-refractivity contribution is 5.84. The highest BCUT2D eigenvalue weighted by Gasteiger charge is 2.07. The van der Waals surface area contributed by atoms with Gasteiger partial charge < -0.3 is 10.4 Å². The summed E-state index contributed by atoms with van der Waals surface area (Å²) in [5.74, 6) is 0.325. The summed E-state index contributed by atoms with van der Waals surface area (Å²) >= 11 is 0. The molecule has 0 aliphatic rings. The van der Waals surface area contributed by atoms with Crippen LogP contribution in [0.2, 0.25) is 0 Å². The van der Waals surface area contributed by atoms with E-state index in [1.54, 1.807) is 6.07 Å². The van der Waals surface area contributed by atoms with Crippen LogP contribution in [-0.2, 0) is 6.54 Å². The Morgan fingerprint density at radius 1 is 1.38 bits per heavy atom. The van der Waals surface area contributed by atoms with Crippen molar-refractivity contribution in [2.45, 2.75) is 33.2 Å². The Balaban J connectivity index is 2.84. The molecule has 1 aromatic rings. The molecule has 0 unspecified atom stereocenters. The molecular formula is C17H27N3O. The Hall–Kier alpha value is -1.81. The largest absolute Gasteiger partial charge is 0.508 e. The first-order chi connectivity index (χ1) is 10.2. The van der Waals surface area contributed by atoms with Crippen LogP contribution in [0.3, 0.4) is 0 Å². The van der Waals surface area contributed by atoms with Gasteiger partial charge in [0.2, 0.25) is 0 Å². The number of allylic oxidation sites excluding steroid dienone is 1. The lowest BCUT2D eigenvalue weighted by molar-refractivity contribution is 0.303. The number of benzene rings is 1. The molecule has 0 heterocycles. The summed E-state index contributed by atoms with van der Waals surface area (Å²) in [4.78, 5) is 0. The first-order valence-corrected chi connectivity index (χ1v) is 7.55. The molecule has 0 saturated carbocycles. The van der Waals surface area contributed by atoms with Crippen LogP contribution in [0.4, 0.5) is 0 Å².